The molecule has 1 rings (SSSR count). The first kappa shape index (κ1) is 23.1. The molecule has 3 heteroatoms. The van der Waals surface area contributed by atoms with Crippen molar-refractivity contribution in [1.29, 1.82) is 0 Å². The highest BCUT2D eigenvalue weighted by molar-refractivity contribution is 5.14. The third kappa shape index (κ3) is 13.3. The molecular weight excluding hydrogens is 322 g/mol. The zero-order chi connectivity index (χ0) is 18.7. The number of hydrogen-bond donors (Lipinski definition) is 2. The van der Waals surface area contributed by atoms with Gasteiger partial charge in [0.1, 0.15) is 0 Å². The van der Waals surface area contributed by atoms with E-state index in [9.17, 15) is 0 Å². The van der Waals surface area contributed by atoms with Crippen molar-refractivity contribution < 1.29 is 10.2 Å². The molecule has 0 saturated heterocycles. The molecule has 0 fully saturated rings. The highest BCUT2D eigenvalue weighted by Crippen LogP contribution is 2.13. The Balaban J connectivity index is 1.79. The van der Waals surface area contributed by atoms with Gasteiger partial charge in [0.15, 0.2) is 0 Å². The van der Waals surface area contributed by atoms with E-state index in [1.807, 2.05) is 0 Å². The summed E-state index contributed by atoms with van der Waals surface area (Å²) in [5.41, 5.74) is 1.48. The Hall–Kier alpha value is -0.900. The van der Waals surface area contributed by atoms with Gasteiger partial charge in [0.05, 0.1) is 13.2 Å². The summed E-state index contributed by atoms with van der Waals surface area (Å²) in [5, 5.41) is 18.0. The van der Waals surface area contributed by atoms with Gasteiger partial charge in [-0.05, 0) is 31.4 Å². The molecule has 0 aliphatic heterocycles. The molecule has 0 radical (unpaired) electrons. The van der Waals surface area contributed by atoms with Crippen molar-refractivity contribution >= 4 is 0 Å². The van der Waals surface area contributed by atoms with Gasteiger partial charge in [-0.15, -0.1) is 0 Å². The lowest BCUT2D eigenvalue weighted by molar-refractivity contribution is 0.159. The van der Waals surface area contributed by atoms with Gasteiger partial charge in [0, 0.05) is 13.1 Å². The topological polar surface area (TPSA) is 43.7 Å². The van der Waals surface area contributed by atoms with E-state index < -0.39 is 0 Å². The van der Waals surface area contributed by atoms with Crippen molar-refractivity contribution in [3.63, 3.8) is 0 Å². The summed E-state index contributed by atoms with van der Waals surface area (Å²) >= 11 is 0. The lowest BCUT2D eigenvalue weighted by Crippen LogP contribution is -2.30. The maximum absolute atomic E-state index is 8.98. The lowest BCUT2D eigenvalue weighted by Gasteiger charge is -2.19. The van der Waals surface area contributed by atoms with Gasteiger partial charge in [0.25, 0.3) is 0 Å². The Kier molecular flexibility index (Phi) is 15.6. The third-order valence-corrected chi connectivity index (χ3v) is 5.12. The molecule has 3 nitrogen and oxygen atoms in total. The number of benzene rings is 1. The third-order valence-electron chi connectivity index (χ3n) is 5.12. The first-order chi connectivity index (χ1) is 12.9. The number of nitrogens with zero attached hydrogens (tertiary/aromatic N) is 1. The number of rotatable bonds is 18. The monoisotopic (exact) mass is 363 g/mol. The zero-order valence-electron chi connectivity index (χ0n) is 16.7. The van der Waals surface area contributed by atoms with Crippen molar-refractivity contribution in [3.8, 4) is 0 Å². The number of unbranched alkanes of at least 4 members (excludes halogenated alkanes) is 10. The highest BCUT2D eigenvalue weighted by atomic mass is 16.3. The maximum atomic E-state index is 8.98. The summed E-state index contributed by atoms with van der Waals surface area (Å²) in [4.78, 5) is 2.15. The van der Waals surface area contributed by atoms with Crippen LogP contribution in [0.2, 0.25) is 0 Å². The molecule has 150 valence electrons. The second kappa shape index (κ2) is 17.5. The van der Waals surface area contributed by atoms with Crippen LogP contribution < -0.4 is 0 Å². The average molecular weight is 364 g/mol. The van der Waals surface area contributed by atoms with E-state index in [4.69, 9.17) is 10.2 Å². The van der Waals surface area contributed by atoms with Gasteiger partial charge in [-0.1, -0.05) is 88.1 Å². The van der Waals surface area contributed by atoms with E-state index >= 15 is 0 Å². The molecule has 0 unspecified atom stereocenters. The van der Waals surface area contributed by atoms with Crippen LogP contribution in [-0.2, 0) is 6.42 Å². The van der Waals surface area contributed by atoms with Crippen LogP contribution in [-0.4, -0.2) is 48.0 Å². The minimum atomic E-state index is 0.187. The van der Waals surface area contributed by atoms with Gasteiger partial charge in [-0.25, -0.2) is 0 Å². The molecule has 0 spiro atoms. The summed E-state index contributed by atoms with van der Waals surface area (Å²) in [6.45, 7) is 2.75. The molecule has 0 saturated carbocycles. The minimum absolute atomic E-state index is 0.187. The van der Waals surface area contributed by atoms with E-state index in [0.29, 0.717) is 13.1 Å². The summed E-state index contributed by atoms with van der Waals surface area (Å²) in [5.74, 6) is 0. The molecule has 0 amide bonds. The van der Waals surface area contributed by atoms with Gasteiger partial charge in [-0.2, -0.15) is 0 Å². The summed E-state index contributed by atoms with van der Waals surface area (Å²) in [6, 6.07) is 10.8. The average Bonchev–Trinajstić information content (AvgIpc) is 2.66. The fourth-order valence-corrected chi connectivity index (χ4v) is 3.52. The molecule has 0 aromatic heterocycles. The summed E-state index contributed by atoms with van der Waals surface area (Å²) in [6.07, 6.45) is 16.0. The molecule has 2 N–H and O–H groups in total. The number of aliphatic hydroxyl groups excluding tert-OH is 2. The molecule has 26 heavy (non-hydrogen) atoms. The lowest BCUT2D eigenvalue weighted by atomic mass is 10.0. The fraction of sp³-hybridized carbons (Fsp3) is 0.739. The standard InChI is InChI=1S/C23H41NO2/c25-21-19-24(20-22-26)18-14-9-7-5-3-1-2-4-6-8-11-15-23-16-12-10-13-17-23/h10,12-13,16-17,25-26H,1-9,11,14-15,18-22H2. The second-order valence-corrected chi connectivity index (χ2v) is 7.41. The molecule has 1 aromatic rings. The highest BCUT2D eigenvalue weighted by Gasteiger charge is 2.02. The van der Waals surface area contributed by atoms with E-state index in [2.05, 4.69) is 35.2 Å². The number of aliphatic hydroxyl groups is 2. The predicted molar refractivity (Wildman–Crippen MR) is 112 cm³/mol. The van der Waals surface area contributed by atoms with E-state index in [-0.39, 0.29) is 13.2 Å². The Morgan fingerprint density at radius 1 is 0.538 bits per heavy atom. The summed E-state index contributed by atoms with van der Waals surface area (Å²) in [7, 11) is 0. The van der Waals surface area contributed by atoms with Crippen molar-refractivity contribution in [2.24, 2.45) is 0 Å². The van der Waals surface area contributed by atoms with E-state index in [1.165, 1.54) is 82.6 Å². The van der Waals surface area contributed by atoms with Crippen LogP contribution >= 0.6 is 0 Å². The zero-order valence-corrected chi connectivity index (χ0v) is 16.7. The first-order valence-corrected chi connectivity index (χ1v) is 10.8. The number of hydrogen-bond acceptors (Lipinski definition) is 3. The quantitative estimate of drug-likeness (QED) is 0.368. The van der Waals surface area contributed by atoms with Crippen LogP contribution in [0.25, 0.3) is 0 Å². The van der Waals surface area contributed by atoms with Crippen LogP contribution in [0.3, 0.4) is 0 Å². The van der Waals surface area contributed by atoms with E-state index in [1.54, 1.807) is 0 Å². The number of aryl methyl sites for hydroxylation is 1. The maximum Gasteiger partial charge on any atom is 0.0558 e. The Bertz CT molecular complexity index is 390. The Morgan fingerprint density at radius 3 is 1.50 bits per heavy atom. The van der Waals surface area contributed by atoms with Crippen molar-refractivity contribution in [1.82, 2.24) is 4.90 Å². The van der Waals surface area contributed by atoms with Gasteiger partial charge < -0.3 is 10.2 Å². The molecule has 0 aliphatic rings. The fourth-order valence-electron chi connectivity index (χ4n) is 3.52. The van der Waals surface area contributed by atoms with Crippen LogP contribution in [0.4, 0.5) is 0 Å². The predicted octanol–water partition coefficient (Wildman–Crippen LogP) is 4.81. The minimum Gasteiger partial charge on any atom is -0.395 e. The van der Waals surface area contributed by atoms with Crippen molar-refractivity contribution in [2.45, 2.75) is 77.0 Å². The van der Waals surface area contributed by atoms with E-state index in [0.717, 1.165) is 6.54 Å². The van der Waals surface area contributed by atoms with Crippen LogP contribution in [0.1, 0.15) is 76.2 Å². The normalized spacial score (nSPS) is 11.3. The second-order valence-electron chi connectivity index (χ2n) is 7.41. The Morgan fingerprint density at radius 2 is 1.00 bits per heavy atom. The smallest absolute Gasteiger partial charge is 0.0558 e. The molecule has 0 heterocycles. The van der Waals surface area contributed by atoms with Crippen LogP contribution in [0, 0.1) is 0 Å². The van der Waals surface area contributed by atoms with Crippen molar-refractivity contribution in [2.75, 3.05) is 32.8 Å². The molecule has 0 atom stereocenters. The molecular formula is C23H41NO2. The summed E-state index contributed by atoms with van der Waals surface area (Å²) < 4.78 is 0. The molecule has 1 aromatic carbocycles. The SMILES string of the molecule is OCCN(CCO)CCCCCCCCCCCCCc1ccccc1. The molecule has 0 aliphatic carbocycles. The Labute approximate surface area is 161 Å². The van der Waals surface area contributed by atoms with Crippen molar-refractivity contribution in [3.05, 3.63) is 35.9 Å². The first-order valence-electron chi connectivity index (χ1n) is 10.8. The van der Waals surface area contributed by atoms with Crippen LogP contribution in [0.5, 0.6) is 0 Å². The van der Waals surface area contributed by atoms with Gasteiger partial charge in [0.2, 0.25) is 0 Å². The van der Waals surface area contributed by atoms with Crippen LogP contribution in [0.15, 0.2) is 30.3 Å². The largest absolute Gasteiger partial charge is 0.395 e. The molecule has 0 bridgehead atoms. The van der Waals surface area contributed by atoms with Gasteiger partial charge >= 0.3 is 0 Å². The van der Waals surface area contributed by atoms with Gasteiger partial charge in [-0.3, -0.25) is 4.90 Å².